The molecule has 0 spiro atoms. The number of aromatic amines is 2. The largest absolute Gasteiger partial charge is 0.361 e. The molecule has 0 saturated heterocycles. The average molecular weight is 240 g/mol. The second kappa shape index (κ2) is 5.06. The molecule has 4 heteroatoms. The quantitative estimate of drug-likeness (QED) is 0.599. The molecule has 3 rings (SSSR count). The van der Waals surface area contributed by atoms with Crippen molar-refractivity contribution in [2.75, 3.05) is 6.54 Å². The van der Waals surface area contributed by atoms with Crippen LogP contribution in [0.4, 0.5) is 0 Å². The minimum absolute atomic E-state index is 0.836. The maximum atomic E-state index is 3.92. The number of para-hydroxylation sites is 1. The molecule has 0 aliphatic carbocycles. The monoisotopic (exact) mass is 240 g/mol. The molecule has 2 aromatic heterocycles. The number of hydrogen-bond acceptors (Lipinski definition) is 2. The van der Waals surface area contributed by atoms with Gasteiger partial charge in [-0.1, -0.05) is 18.2 Å². The molecule has 0 bridgehead atoms. The molecule has 0 aliphatic rings. The number of nitrogens with one attached hydrogen (secondary N) is 3. The highest BCUT2D eigenvalue weighted by atomic mass is 15.1. The highest BCUT2D eigenvalue weighted by Gasteiger charge is 2.02. The number of aromatic nitrogens is 3. The highest BCUT2D eigenvalue weighted by Crippen LogP contribution is 2.17. The van der Waals surface area contributed by atoms with Crippen LogP contribution >= 0.6 is 0 Å². The summed E-state index contributed by atoms with van der Waals surface area (Å²) in [6, 6.07) is 10.4. The lowest BCUT2D eigenvalue weighted by atomic mass is 10.1. The topological polar surface area (TPSA) is 56.5 Å². The van der Waals surface area contributed by atoms with E-state index in [1.54, 1.807) is 6.20 Å². The molecule has 0 unspecified atom stereocenters. The van der Waals surface area contributed by atoms with Gasteiger partial charge in [-0.3, -0.25) is 5.10 Å². The third-order valence-corrected chi connectivity index (χ3v) is 3.12. The van der Waals surface area contributed by atoms with Crippen molar-refractivity contribution in [1.82, 2.24) is 20.5 Å². The SMILES string of the molecule is c1ccc2c(CCNCc3ccn[nH]3)c[nH]c2c1. The summed E-state index contributed by atoms with van der Waals surface area (Å²) in [5.74, 6) is 0. The van der Waals surface area contributed by atoms with Crippen molar-refractivity contribution in [1.29, 1.82) is 0 Å². The van der Waals surface area contributed by atoms with E-state index in [0.717, 1.165) is 25.2 Å². The number of benzene rings is 1. The summed E-state index contributed by atoms with van der Waals surface area (Å²) < 4.78 is 0. The van der Waals surface area contributed by atoms with Gasteiger partial charge in [0.2, 0.25) is 0 Å². The second-order valence-electron chi connectivity index (χ2n) is 4.37. The molecule has 92 valence electrons. The van der Waals surface area contributed by atoms with E-state index in [1.165, 1.54) is 16.5 Å². The van der Waals surface area contributed by atoms with Crippen LogP contribution in [-0.2, 0) is 13.0 Å². The Kier molecular flexibility index (Phi) is 3.10. The molecule has 18 heavy (non-hydrogen) atoms. The minimum Gasteiger partial charge on any atom is -0.361 e. The number of hydrogen-bond donors (Lipinski definition) is 3. The first-order chi connectivity index (χ1) is 8.93. The Morgan fingerprint density at radius 2 is 2.11 bits per heavy atom. The van der Waals surface area contributed by atoms with E-state index in [1.807, 2.05) is 6.07 Å². The van der Waals surface area contributed by atoms with Gasteiger partial charge in [0.15, 0.2) is 0 Å². The zero-order valence-electron chi connectivity index (χ0n) is 10.1. The molecule has 0 fully saturated rings. The number of H-pyrrole nitrogens is 2. The van der Waals surface area contributed by atoms with Crippen molar-refractivity contribution in [2.24, 2.45) is 0 Å². The standard InChI is InChI=1S/C14H16N4/c1-2-4-14-13(3-1)11(9-16-14)5-7-15-10-12-6-8-17-18-12/h1-4,6,8-9,15-16H,5,7,10H2,(H,17,18). The van der Waals surface area contributed by atoms with E-state index >= 15 is 0 Å². The van der Waals surface area contributed by atoms with Crippen molar-refractivity contribution in [3.8, 4) is 0 Å². The van der Waals surface area contributed by atoms with Gasteiger partial charge in [-0.05, 0) is 30.7 Å². The molecule has 0 saturated carbocycles. The van der Waals surface area contributed by atoms with Crippen molar-refractivity contribution >= 4 is 10.9 Å². The highest BCUT2D eigenvalue weighted by molar-refractivity contribution is 5.83. The lowest BCUT2D eigenvalue weighted by molar-refractivity contribution is 0.674. The first-order valence-electron chi connectivity index (χ1n) is 6.17. The maximum absolute atomic E-state index is 3.92. The Hall–Kier alpha value is -2.07. The van der Waals surface area contributed by atoms with Crippen LogP contribution in [0.2, 0.25) is 0 Å². The molecule has 0 amide bonds. The summed E-state index contributed by atoms with van der Waals surface area (Å²) in [6.07, 6.45) is 4.90. The molecular formula is C14H16N4. The van der Waals surface area contributed by atoms with Gasteiger partial charge in [0.25, 0.3) is 0 Å². The summed E-state index contributed by atoms with van der Waals surface area (Å²) in [7, 11) is 0. The van der Waals surface area contributed by atoms with E-state index in [-0.39, 0.29) is 0 Å². The van der Waals surface area contributed by atoms with Gasteiger partial charge in [0.05, 0.1) is 0 Å². The molecule has 0 radical (unpaired) electrons. The summed E-state index contributed by atoms with van der Waals surface area (Å²) >= 11 is 0. The van der Waals surface area contributed by atoms with Gasteiger partial charge in [0, 0.05) is 35.5 Å². The van der Waals surface area contributed by atoms with Crippen LogP contribution in [0.25, 0.3) is 10.9 Å². The van der Waals surface area contributed by atoms with Gasteiger partial charge in [-0.25, -0.2) is 0 Å². The van der Waals surface area contributed by atoms with Gasteiger partial charge in [-0.15, -0.1) is 0 Å². The van der Waals surface area contributed by atoms with Gasteiger partial charge >= 0.3 is 0 Å². The Balaban J connectivity index is 1.57. The number of rotatable bonds is 5. The fourth-order valence-corrected chi connectivity index (χ4v) is 2.17. The van der Waals surface area contributed by atoms with E-state index in [0.29, 0.717) is 0 Å². The summed E-state index contributed by atoms with van der Waals surface area (Å²) in [4.78, 5) is 3.30. The second-order valence-corrected chi connectivity index (χ2v) is 4.37. The van der Waals surface area contributed by atoms with E-state index in [4.69, 9.17) is 0 Å². The Bertz CT molecular complexity index is 610. The van der Waals surface area contributed by atoms with E-state index in [9.17, 15) is 0 Å². The Morgan fingerprint density at radius 1 is 1.17 bits per heavy atom. The van der Waals surface area contributed by atoms with Crippen LogP contribution in [0.5, 0.6) is 0 Å². The van der Waals surface area contributed by atoms with Crippen LogP contribution in [0.15, 0.2) is 42.7 Å². The van der Waals surface area contributed by atoms with Crippen molar-refractivity contribution < 1.29 is 0 Å². The molecule has 3 N–H and O–H groups in total. The molecule has 3 aromatic rings. The lowest BCUT2D eigenvalue weighted by Gasteiger charge is -2.02. The molecule has 4 nitrogen and oxygen atoms in total. The number of fused-ring (bicyclic) bond motifs is 1. The normalized spacial score (nSPS) is 11.1. The third-order valence-electron chi connectivity index (χ3n) is 3.12. The molecular weight excluding hydrogens is 224 g/mol. The molecule has 0 aliphatic heterocycles. The van der Waals surface area contributed by atoms with Crippen molar-refractivity contribution in [3.05, 3.63) is 54.0 Å². The number of nitrogens with zero attached hydrogens (tertiary/aromatic N) is 1. The Morgan fingerprint density at radius 3 is 3.00 bits per heavy atom. The zero-order valence-corrected chi connectivity index (χ0v) is 10.1. The van der Waals surface area contributed by atoms with E-state index in [2.05, 4.69) is 51.0 Å². The van der Waals surface area contributed by atoms with Gasteiger partial charge in [-0.2, -0.15) is 5.10 Å². The fourth-order valence-electron chi connectivity index (χ4n) is 2.17. The first kappa shape index (κ1) is 11.0. The zero-order chi connectivity index (χ0) is 12.2. The van der Waals surface area contributed by atoms with Gasteiger partial charge < -0.3 is 10.3 Å². The minimum atomic E-state index is 0.836. The predicted molar refractivity (Wildman–Crippen MR) is 72.3 cm³/mol. The Labute approximate surface area is 105 Å². The molecule has 0 atom stereocenters. The van der Waals surface area contributed by atoms with Crippen LogP contribution in [0.3, 0.4) is 0 Å². The average Bonchev–Trinajstić information content (AvgIpc) is 3.04. The lowest BCUT2D eigenvalue weighted by Crippen LogP contribution is -2.16. The fraction of sp³-hybridized carbons (Fsp3) is 0.214. The summed E-state index contributed by atoms with van der Waals surface area (Å²) in [5.41, 5.74) is 3.69. The van der Waals surface area contributed by atoms with Crippen molar-refractivity contribution in [2.45, 2.75) is 13.0 Å². The maximum Gasteiger partial charge on any atom is 0.0490 e. The third kappa shape index (κ3) is 2.28. The molecule has 2 heterocycles. The molecule has 1 aromatic carbocycles. The van der Waals surface area contributed by atoms with Crippen LogP contribution < -0.4 is 5.32 Å². The van der Waals surface area contributed by atoms with E-state index < -0.39 is 0 Å². The van der Waals surface area contributed by atoms with Crippen LogP contribution in [-0.4, -0.2) is 21.7 Å². The predicted octanol–water partition coefficient (Wildman–Crippen LogP) is 2.22. The summed E-state index contributed by atoms with van der Waals surface area (Å²) in [5, 5.41) is 11.6. The summed E-state index contributed by atoms with van der Waals surface area (Å²) in [6.45, 7) is 1.79. The van der Waals surface area contributed by atoms with Crippen molar-refractivity contribution in [3.63, 3.8) is 0 Å². The van der Waals surface area contributed by atoms with Crippen LogP contribution in [0, 0.1) is 0 Å². The van der Waals surface area contributed by atoms with Crippen LogP contribution in [0.1, 0.15) is 11.3 Å². The van der Waals surface area contributed by atoms with Gasteiger partial charge in [0.1, 0.15) is 0 Å². The first-order valence-corrected chi connectivity index (χ1v) is 6.17. The smallest absolute Gasteiger partial charge is 0.0490 e.